The zero-order chi connectivity index (χ0) is 18.1. The lowest BCUT2D eigenvalue weighted by Gasteiger charge is -2.19. The molecule has 0 spiro atoms. The van der Waals surface area contributed by atoms with Crippen molar-refractivity contribution >= 4 is 35.6 Å². The first kappa shape index (κ1) is 22.3. The Labute approximate surface area is 173 Å². The fourth-order valence-corrected chi connectivity index (χ4v) is 2.49. The third-order valence-electron chi connectivity index (χ3n) is 4.11. The number of aliphatic imine (C=N–C) groups is 1. The largest absolute Gasteiger partial charge is 0.444 e. The monoisotopic (exact) mass is 471 g/mol. The summed E-state index contributed by atoms with van der Waals surface area (Å²) in [7, 11) is 3.90. The summed E-state index contributed by atoms with van der Waals surface area (Å²) in [6.07, 6.45) is 2.20. The van der Waals surface area contributed by atoms with Crippen LogP contribution in [-0.2, 0) is 6.54 Å². The lowest BCUT2D eigenvalue weighted by Crippen LogP contribution is -2.37. The molecule has 7 heteroatoms. The van der Waals surface area contributed by atoms with Crippen LogP contribution in [0.15, 0.2) is 39.7 Å². The van der Waals surface area contributed by atoms with Gasteiger partial charge in [-0.25, -0.2) is 4.98 Å². The number of rotatable bonds is 8. The van der Waals surface area contributed by atoms with Crippen LogP contribution < -0.4 is 15.5 Å². The predicted octanol–water partition coefficient (Wildman–Crippen LogP) is 3.49. The van der Waals surface area contributed by atoms with Crippen molar-refractivity contribution in [3.63, 3.8) is 0 Å². The van der Waals surface area contributed by atoms with Crippen LogP contribution in [0.1, 0.15) is 30.2 Å². The number of guanidine groups is 1. The van der Waals surface area contributed by atoms with Crippen molar-refractivity contribution in [1.29, 1.82) is 0 Å². The highest BCUT2D eigenvalue weighted by molar-refractivity contribution is 14.0. The summed E-state index contributed by atoms with van der Waals surface area (Å²) in [6.45, 7) is 6.32. The van der Waals surface area contributed by atoms with Gasteiger partial charge in [0.05, 0.1) is 12.2 Å². The molecule has 0 fully saturated rings. The maximum Gasteiger partial charge on any atom is 0.214 e. The molecule has 1 aromatic carbocycles. The van der Waals surface area contributed by atoms with Gasteiger partial charge in [0.25, 0.3) is 0 Å². The molecule has 0 saturated carbocycles. The minimum absolute atomic E-state index is 0. The van der Waals surface area contributed by atoms with Crippen molar-refractivity contribution in [2.24, 2.45) is 4.99 Å². The van der Waals surface area contributed by atoms with E-state index in [4.69, 9.17) is 4.42 Å². The van der Waals surface area contributed by atoms with Crippen molar-refractivity contribution in [2.75, 3.05) is 32.1 Å². The molecule has 0 atom stereocenters. The van der Waals surface area contributed by atoms with Crippen LogP contribution >= 0.6 is 24.0 Å². The number of oxazole rings is 1. The molecule has 2 aromatic rings. The normalized spacial score (nSPS) is 11.0. The second kappa shape index (κ2) is 11.8. The third-order valence-corrected chi connectivity index (χ3v) is 4.11. The van der Waals surface area contributed by atoms with Gasteiger partial charge < -0.3 is 20.0 Å². The van der Waals surface area contributed by atoms with Crippen molar-refractivity contribution < 1.29 is 4.42 Å². The van der Waals surface area contributed by atoms with Crippen LogP contribution in [0.5, 0.6) is 0 Å². The Balaban J connectivity index is 0.00000338. The number of halogens is 1. The summed E-state index contributed by atoms with van der Waals surface area (Å²) < 4.78 is 5.56. The average Bonchev–Trinajstić information content (AvgIpc) is 2.95. The zero-order valence-electron chi connectivity index (χ0n) is 16.1. The van der Waals surface area contributed by atoms with E-state index >= 15 is 0 Å². The van der Waals surface area contributed by atoms with E-state index in [9.17, 15) is 0 Å². The molecule has 0 saturated heterocycles. The van der Waals surface area contributed by atoms with Gasteiger partial charge >= 0.3 is 0 Å². The van der Waals surface area contributed by atoms with Gasteiger partial charge in [0, 0.05) is 32.9 Å². The van der Waals surface area contributed by atoms with E-state index in [2.05, 4.69) is 56.8 Å². The van der Waals surface area contributed by atoms with E-state index in [0.29, 0.717) is 12.4 Å². The second-order valence-corrected chi connectivity index (χ2v) is 6.07. The number of nitrogens with one attached hydrogen (secondary N) is 2. The van der Waals surface area contributed by atoms with E-state index in [1.165, 1.54) is 5.69 Å². The first-order valence-corrected chi connectivity index (χ1v) is 8.73. The quantitative estimate of drug-likeness (QED) is 0.267. The molecule has 0 radical (unpaired) electrons. The van der Waals surface area contributed by atoms with Crippen molar-refractivity contribution in [3.05, 3.63) is 47.7 Å². The van der Waals surface area contributed by atoms with Gasteiger partial charge in [-0.15, -0.1) is 24.0 Å². The van der Waals surface area contributed by atoms with Crippen LogP contribution in [-0.4, -0.2) is 38.1 Å². The van der Waals surface area contributed by atoms with Gasteiger partial charge in [-0.2, -0.15) is 0 Å². The van der Waals surface area contributed by atoms with Gasteiger partial charge in [0.2, 0.25) is 5.89 Å². The number of para-hydroxylation sites is 1. The summed E-state index contributed by atoms with van der Waals surface area (Å²) in [5, 5.41) is 6.55. The van der Waals surface area contributed by atoms with Gasteiger partial charge in [0.1, 0.15) is 5.76 Å². The number of aromatic nitrogens is 1. The molecule has 6 nitrogen and oxygen atoms in total. The third kappa shape index (κ3) is 7.23. The number of nitrogens with zero attached hydrogens (tertiary/aromatic N) is 3. The Kier molecular flexibility index (Phi) is 10.1. The predicted molar refractivity (Wildman–Crippen MR) is 119 cm³/mol. The average molecular weight is 471 g/mol. The Bertz CT molecular complexity index is 652. The molecule has 0 aliphatic carbocycles. The maximum absolute atomic E-state index is 5.56. The van der Waals surface area contributed by atoms with Crippen molar-refractivity contribution in [3.8, 4) is 0 Å². The van der Waals surface area contributed by atoms with Gasteiger partial charge in [-0.1, -0.05) is 18.2 Å². The second-order valence-electron chi connectivity index (χ2n) is 6.07. The summed E-state index contributed by atoms with van der Waals surface area (Å²) in [6, 6.07) is 10.5. The Morgan fingerprint density at radius 3 is 2.50 bits per heavy atom. The van der Waals surface area contributed by atoms with E-state index in [0.717, 1.165) is 43.3 Å². The summed E-state index contributed by atoms with van der Waals surface area (Å²) in [4.78, 5) is 10.9. The van der Waals surface area contributed by atoms with Crippen molar-refractivity contribution in [2.45, 2.75) is 33.2 Å². The lowest BCUT2D eigenvalue weighted by molar-refractivity contribution is 0.463. The number of anilines is 1. The summed E-state index contributed by atoms with van der Waals surface area (Å²) in [5.41, 5.74) is 2.19. The smallest absolute Gasteiger partial charge is 0.214 e. The lowest BCUT2D eigenvalue weighted by atomic mass is 10.2. The molecule has 0 bridgehead atoms. The molecule has 1 aromatic heterocycles. The molecule has 1 heterocycles. The highest BCUT2D eigenvalue weighted by Gasteiger charge is 2.06. The van der Waals surface area contributed by atoms with Gasteiger partial charge in [0.15, 0.2) is 5.96 Å². The SMILES string of the molecule is CN=C(NCCCCN(C)c1ccccc1)NCc1nc(C)c(C)o1.I. The molecule has 0 unspecified atom stereocenters. The van der Waals surface area contributed by atoms with Crippen LogP contribution in [0.2, 0.25) is 0 Å². The molecule has 0 amide bonds. The molecular formula is C19H30IN5O. The van der Waals surface area contributed by atoms with E-state index in [1.54, 1.807) is 7.05 Å². The minimum Gasteiger partial charge on any atom is -0.444 e. The van der Waals surface area contributed by atoms with E-state index < -0.39 is 0 Å². The first-order chi connectivity index (χ1) is 12.1. The number of aryl methyl sites for hydroxylation is 2. The molecule has 2 N–H and O–H groups in total. The highest BCUT2D eigenvalue weighted by atomic mass is 127. The number of unbranched alkanes of at least 4 members (excludes halogenated alkanes) is 1. The number of hydrogen-bond donors (Lipinski definition) is 2. The number of benzene rings is 1. The van der Waals surface area contributed by atoms with Gasteiger partial charge in [-0.3, -0.25) is 4.99 Å². The zero-order valence-corrected chi connectivity index (χ0v) is 18.4. The van der Waals surface area contributed by atoms with Crippen LogP contribution in [0, 0.1) is 13.8 Å². The summed E-state index contributed by atoms with van der Waals surface area (Å²) in [5.74, 6) is 2.31. The highest BCUT2D eigenvalue weighted by Crippen LogP contribution is 2.11. The molecule has 0 aliphatic rings. The number of hydrogen-bond acceptors (Lipinski definition) is 4. The fraction of sp³-hybridized carbons (Fsp3) is 0.474. The van der Waals surface area contributed by atoms with Crippen LogP contribution in [0.25, 0.3) is 0 Å². The molecule has 26 heavy (non-hydrogen) atoms. The van der Waals surface area contributed by atoms with Crippen LogP contribution in [0.3, 0.4) is 0 Å². The topological polar surface area (TPSA) is 65.7 Å². The Morgan fingerprint density at radius 1 is 1.15 bits per heavy atom. The molecule has 2 rings (SSSR count). The standard InChI is InChI=1S/C19H29N5O.HI/c1-15-16(2)25-18(23-15)14-22-19(20-3)21-12-8-9-13-24(4)17-10-6-5-7-11-17;/h5-7,10-11H,8-9,12-14H2,1-4H3,(H2,20,21,22);1H. The van der Waals surface area contributed by atoms with Crippen molar-refractivity contribution in [1.82, 2.24) is 15.6 Å². The maximum atomic E-state index is 5.56. The molecule has 0 aliphatic heterocycles. The Hall–Kier alpha value is -1.77. The minimum atomic E-state index is 0. The summed E-state index contributed by atoms with van der Waals surface area (Å²) >= 11 is 0. The molecule has 144 valence electrons. The fourth-order valence-electron chi connectivity index (χ4n) is 2.49. The van der Waals surface area contributed by atoms with Gasteiger partial charge in [-0.05, 0) is 38.8 Å². The van der Waals surface area contributed by atoms with E-state index in [1.807, 2.05) is 19.9 Å². The first-order valence-electron chi connectivity index (χ1n) is 8.73. The Morgan fingerprint density at radius 2 is 1.88 bits per heavy atom. The van der Waals surface area contributed by atoms with Crippen LogP contribution in [0.4, 0.5) is 5.69 Å². The molecular weight excluding hydrogens is 441 g/mol. The van der Waals surface area contributed by atoms with E-state index in [-0.39, 0.29) is 24.0 Å².